The summed E-state index contributed by atoms with van der Waals surface area (Å²) in [5.41, 5.74) is 0.641. The Morgan fingerprint density at radius 1 is 1.18 bits per heavy atom. The fourth-order valence-corrected chi connectivity index (χ4v) is 4.78. The van der Waals surface area contributed by atoms with Gasteiger partial charge in [-0.25, -0.2) is 4.98 Å². The van der Waals surface area contributed by atoms with E-state index in [9.17, 15) is 13.2 Å². The summed E-state index contributed by atoms with van der Waals surface area (Å²) in [5, 5.41) is -0.0931. The van der Waals surface area contributed by atoms with Gasteiger partial charge in [0.05, 0.1) is 23.7 Å². The van der Waals surface area contributed by atoms with Crippen LogP contribution in [0.3, 0.4) is 0 Å². The number of benzene rings is 1. The molecule has 2 aromatic rings. The first-order valence-electron chi connectivity index (χ1n) is 10.8. The number of methoxy groups -OCH3 is 1. The van der Waals surface area contributed by atoms with E-state index in [-0.39, 0.29) is 34.7 Å². The zero-order valence-electron chi connectivity index (χ0n) is 20.0. The number of rotatable bonds is 4. The number of hydrogen-bond acceptors (Lipinski definition) is 7. The zero-order chi connectivity index (χ0) is 24.3. The third-order valence-corrected chi connectivity index (χ3v) is 7.23. The highest BCUT2D eigenvalue weighted by molar-refractivity contribution is 7.92. The predicted octanol–water partition coefficient (Wildman–Crippen LogP) is 1.66. The van der Waals surface area contributed by atoms with E-state index in [0.29, 0.717) is 24.5 Å². The summed E-state index contributed by atoms with van der Waals surface area (Å²) in [6.45, 7) is 5.69. The van der Waals surface area contributed by atoms with Crippen LogP contribution in [0, 0.1) is 5.92 Å². The molecule has 33 heavy (non-hydrogen) atoms. The Bertz CT molecular complexity index is 1090. The number of likely N-dealkylation sites (N-methyl/N-ethyl adjacent to an activating group) is 2. The standard InChI is InChI=1S/C22H33N5O5S/c1-15-10-26(4)16(2)13-32-19-9-17(24-33(29,30)21-12-25(3)14-23-21)7-8-18(19)22(28)27(5)11-20(15)31-6/h7-9,12,14-16,20,24H,10-11,13H2,1-6H3/t15-,16+,20-/m1/s1. The number of anilines is 1. The van der Waals surface area contributed by atoms with Gasteiger partial charge in [0.2, 0.25) is 0 Å². The van der Waals surface area contributed by atoms with E-state index in [1.807, 2.05) is 14.0 Å². The molecule has 1 aromatic carbocycles. The fourth-order valence-electron chi connectivity index (χ4n) is 3.75. The lowest BCUT2D eigenvalue weighted by atomic mass is 10.0. The van der Waals surface area contributed by atoms with Gasteiger partial charge in [0.15, 0.2) is 5.03 Å². The van der Waals surface area contributed by atoms with Crippen LogP contribution in [0.15, 0.2) is 35.7 Å². The second-order valence-electron chi connectivity index (χ2n) is 8.73. The van der Waals surface area contributed by atoms with Crippen LogP contribution < -0.4 is 9.46 Å². The molecule has 0 aliphatic carbocycles. The number of aryl methyl sites for hydroxylation is 1. The van der Waals surface area contributed by atoms with Crippen LogP contribution in [-0.4, -0.2) is 86.7 Å². The number of nitrogens with zero attached hydrogens (tertiary/aromatic N) is 4. The fraction of sp³-hybridized carbons (Fsp3) is 0.545. The van der Waals surface area contributed by atoms with Crippen molar-refractivity contribution >= 4 is 21.6 Å². The molecule has 1 aromatic heterocycles. The Hall–Kier alpha value is -2.63. The predicted molar refractivity (Wildman–Crippen MR) is 125 cm³/mol. The first-order valence-corrected chi connectivity index (χ1v) is 12.3. The number of aromatic nitrogens is 2. The summed E-state index contributed by atoms with van der Waals surface area (Å²) in [6.07, 6.45) is 2.70. The van der Waals surface area contributed by atoms with E-state index in [2.05, 4.69) is 21.5 Å². The Morgan fingerprint density at radius 3 is 2.55 bits per heavy atom. The van der Waals surface area contributed by atoms with Crippen LogP contribution in [0.1, 0.15) is 24.2 Å². The van der Waals surface area contributed by atoms with Gasteiger partial charge in [-0.3, -0.25) is 14.4 Å². The Labute approximate surface area is 195 Å². The maximum atomic E-state index is 13.2. The van der Waals surface area contributed by atoms with Crippen molar-refractivity contribution in [2.45, 2.75) is 31.0 Å². The summed E-state index contributed by atoms with van der Waals surface area (Å²) in [7, 11) is 3.22. The maximum Gasteiger partial charge on any atom is 0.280 e. The normalized spacial score (nSPS) is 23.3. The number of hydrogen-bond donors (Lipinski definition) is 1. The Balaban J connectivity index is 1.94. The molecule has 1 amide bonds. The van der Waals surface area contributed by atoms with Crippen molar-refractivity contribution in [1.82, 2.24) is 19.4 Å². The van der Waals surface area contributed by atoms with E-state index in [1.54, 1.807) is 42.8 Å². The number of fused-ring (bicyclic) bond motifs is 1. The molecule has 1 N–H and O–H groups in total. The van der Waals surface area contributed by atoms with Gasteiger partial charge in [0.1, 0.15) is 12.4 Å². The van der Waals surface area contributed by atoms with Crippen LogP contribution in [0.25, 0.3) is 0 Å². The molecule has 0 bridgehead atoms. The summed E-state index contributed by atoms with van der Waals surface area (Å²) >= 11 is 0. The average molecular weight is 480 g/mol. The van der Waals surface area contributed by atoms with Gasteiger partial charge in [-0.15, -0.1) is 0 Å². The lowest BCUT2D eigenvalue weighted by Gasteiger charge is -2.34. The molecule has 182 valence electrons. The number of carbonyl (C=O) groups excluding carboxylic acids is 1. The quantitative estimate of drug-likeness (QED) is 0.711. The molecule has 3 atom stereocenters. The van der Waals surface area contributed by atoms with Crippen molar-refractivity contribution in [2.24, 2.45) is 13.0 Å². The molecule has 10 nitrogen and oxygen atoms in total. The maximum absolute atomic E-state index is 13.2. The van der Waals surface area contributed by atoms with Gasteiger partial charge >= 0.3 is 0 Å². The van der Waals surface area contributed by atoms with Crippen LogP contribution in [0.5, 0.6) is 5.75 Å². The second-order valence-corrected chi connectivity index (χ2v) is 10.4. The second kappa shape index (κ2) is 10.1. The van der Waals surface area contributed by atoms with Gasteiger partial charge in [0.25, 0.3) is 15.9 Å². The molecular weight excluding hydrogens is 446 g/mol. The summed E-state index contributed by atoms with van der Waals surface area (Å²) in [4.78, 5) is 20.9. The lowest BCUT2D eigenvalue weighted by molar-refractivity contribution is 0.0150. The van der Waals surface area contributed by atoms with E-state index in [1.165, 1.54) is 18.6 Å². The van der Waals surface area contributed by atoms with Gasteiger partial charge < -0.3 is 18.9 Å². The zero-order valence-corrected chi connectivity index (χ0v) is 20.8. The molecular formula is C22H33N5O5S. The van der Waals surface area contributed by atoms with Crippen molar-refractivity contribution in [3.05, 3.63) is 36.3 Å². The smallest absolute Gasteiger partial charge is 0.280 e. The molecule has 0 unspecified atom stereocenters. The minimum absolute atomic E-state index is 0.0685. The van der Waals surface area contributed by atoms with E-state index >= 15 is 0 Å². The van der Waals surface area contributed by atoms with E-state index < -0.39 is 10.0 Å². The minimum Gasteiger partial charge on any atom is -0.491 e. The van der Waals surface area contributed by atoms with Crippen molar-refractivity contribution in [1.29, 1.82) is 0 Å². The van der Waals surface area contributed by atoms with Crippen LogP contribution >= 0.6 is 0 Å². The molecule has 11 heteroatoms. The molecule has 1 aliphatic heterocycles. The molecule has 0 fully saturated rings. The molecule has 1 aliphatic rings. The van der Waals surface area contributed by atoms with Crippen LogP contribution in [0.2, 0.25) is 0 Å². The first kappa shape index (κ1) is 25.0. The third kappa shape index (κ3) is 5.84. The van der Waals surface area contributed by atoms with Gasteiger partial charge in [-0.05, 0) is 32.0 Å². The highest BCUT2D eigenvalue weighted by Crippen LogP contribution is 2.27. The Kier molecular flexibility index (Phi) is 7.65. The summed E-state index contributed by atoms with van der Waals surface area (Å²) in [6, 6.07) is 4.73. The topological polar surface area (TPSA) is 106 Å². The van der Waals surface area contributed by atoms with Gasteiger partial charge in [-0.1, -0.05) is 6.92 Å². The molecule has 2 heterocycles. The van der Waals surface area contributed by atoms with Crippen molar-refractivity contribution in [3.63, 3.8) is 0 Å². The average Bonchev–Trinajstić information content (AvgIpc) is 3.21. The molecule has 0 saturated carbocycles. The molecule has 0 radical (unpaired) electrons. The minimum atomic E-state index is -3.88. The molecule has 0 spiro atoms. The third-order valence-electron chi connectivity index (χ3n) is 5.97. The van der Waals surface area contributed by atoms with Crippen molar-refractivity contribution in [2.75, 3.05) is 45.6 Å². The molecule has 0 saturated heterocycles. The largest absolute Gasteiger partial charge is 0.491 e. The number of ether oxygens (including phenoxy) is 2. The monoisotopic (exact) mass is 479 g/mol. The molecule has 3 rings (SSSR count). The number of carbonyl (C=O) groups is 1. The van der Waals surface area contributed by atoms with E-state index in [4.69, 9.17) is 9.47 Å². The van der Waals surface area contributed by atoms with Crippen LogP contribution in [0.4, 0.5) is 5.69 Å². The summed E-state index contributed by atoms with van der Waals surface area (Å²) < 4.78 is 41.1. The first-order chi connectivity index (χ1) is 15.5. The van der Waals surface area contributed by atoms with Crippen molar-refractivity contribution < 1.29 is 22.7 Å². The number of nitrogens with one attached hydrogen (secondary N) is 1. The van der Waals surface area contributed by atoms with Crippen LogP contribution in [-0.2, 0) is 21.8 Å². The summed E-state index contributed by atoms with van der Waals surface area (Å²) in [5.74, 6) is 0.302. The number of amides is 1. The van der Waals surface area contributed by atoms with Crippen molar-refractivity contribution in [3.8, 4) is 5.75 Å². The highest BCUT2D eigenvalue weighted by atomic mass is 32.2. The highest BCUT2D eigenvalue weighted by Gasteiger charge is 2.27. The van der Waals surface area contributed by atoms with Gasteiger partial charge in [0, 0.05) is 52.6 Å². The SMILES string of the molecule is CO[C@@H]1CN(C)C(=O)c2ccc(NS(=O)(=O)c3cn(C)cn3)cc2OC[C@H](C)N(C)C[C@H]1C. The number of sulfonamides is 1. The van der Waals surface area contributed by atoms with Gasteiger partial charge in [-0.2, -0.15) is 8.42 Å². The lowest BCUT2D eigenvalue weighted by Crippen LogP contribution is -2.45. The van der Waals surface area contributed by atoms with E-state index in [0.717, 1.165) is 6.54 Å². The Morgan fingerprint density at radius 2 is 1.91 bits per heavy atom. The number of imidazole rings is 1.